The molecule has 4 nitrogen and oxygen atoms in total. The maximum absolute atomic E-state index is 14.1. The van der Waals surface area contributed by atoms with Gasteiger partial charge in [0, 0.05) is 30.2 Å². The summed E-state index contributed by atoms with van der Waals surface area (Å²) in [5.41, 5.74) is 10.5. The largest absolute Gasteiger partial charge is 0.333 e. The molecular weight excluding hydrogens is 473 g/mol. The Bertz CT molecular complexity index is 1450. The summed E-state index contributed by atoms with van der Waals surface area (Å²) in [7, 11) is 0. The third kappa shape index (κ3) is 4.04. The van der Waals surface area contributed by atoms with E-state index in [1.807, 2.05) is 24.0 Å². The van der Waals surface area contributed by atoms with Crippen LogP contribution in [0.3, 0.4) is 0 Å². The highest BCUT2D eigenvalue weighted by Crippen LogP contribution is 2.45. The van der Waals surface area contributed by atoms with E-state index in [-0.39, 0.29) is 11.8 Å². The molecular formula is C33H36FN3O. The van der Waals surface area contributed by atoms with Gasteiger partial charge >= 0.3 is 6.03 Å². The van der Waals surface area contributed by atoms with Crippen molar-refractivity contribution in [1.82, 2.24) is 10.2 Å². The Labute approximate surface area is 225 Å². The number of amides is 2. The van der Waals surface area contributed by atoms with Crippen molar-refractivity contribution < 1.29 is 9.18 Å². The fourth-order valence-electron chi connectivity index (χ4n) is 7.01. The summed E-state index contributed by atoms with van der Waals surface area (Å²) < 4.78 is 14.1. The number of rotatable bonds is 4. The van der Waals surface area contributed by atoms with Gasteiger partial charge in [-0.25, -0.2) is 9.18 Å². The van der Waals surface area contributed by atoms with Crippen LogP contribution in [0.25, 0.3) is 16.7 Å². The van der Waals surface area contributed by atoms with Gasteiger partial charge in [0.25, 0.3) is 0 Å². The van der Waals surface area contributed by atoms with E-state index in [0.29, 0.717) is 24.7 Å². The maximum atomic E-state index is 14.1. The summed E-state index contributed by atoms with van der Waals surface area (Å²) in [4.78, 5) is 18.0. The Morgan fingerprint density at radius 3 is 2.39 bits per heavy atom. The van der Waals surface area contributed by atoms with E-state index in [1.165, 1.54) is 24.5 Å². The number of anilines is 2. The second-order valence-corrected chi connectivity index (χ2v) is 11.5. The standard InChI is InChI=1S/C33H36FN3O/c1-19(2)36-26-10-11-27(36)15-23(14-26)24-16-29(28-12-9-25(34)13-22(28)5)30-18-35-33(38)37(31(30)17-24)32-20(3)7-6-8-21(32)4/h6-9,12-14,16-17,19,26-27H,10-11,15,18H2,1-5H3,(H,35,38). The van der Waals surface area contributed by atoms with Crippen LogP contribution in [-0.4, -0.2) is 29.1 Å². The molecule has 6 rings (SSSR count). The summed E-state index contributed by atoms with van der Waals surface area (Å²) in [5.74, 6) is -0.234. The molecule has 0 aliphatic carbocycles. The normalized spacial score (nSPS) is 21.0. The number of urea groups is 1. The van der Waals surface area contributed by atoms with Gasteiger partial charge in [0.1, 0.15) is 5.82 Å². The SMILES string of the molecule is Cc1cc(F)ccc1-c1cc(C2=CC3CCC(C2)N3C(C)C)cc2c1CNC(=O)N2c1c(C)cccc1C. The van der Waals surface area contributed by atoms with Crippen molar-refractivity contribution >= 4 is 23.0 Å². The van der Waals surface area contributed by atoms with Crippen LogP contribution in [0.5, 0.6) is 0 Å². The molecule has 0 radical (unpaired) electrons. The molecule has 196 valence electrons. The Morgan fingerprint density at radius 1 is 0.947 bits per heavy atom. The van der Waals surface area contributed by atoms with E-state index in [4.69, 9.17) is 0 Å². The highest BCUT2D eigenvalue weighted by atomic mass is 19.1. The number of hydrogen-bond donors (Lipinski definition) is 1. The first kappa shape index (κ1) is 24.9. The van der Waals surface area contributed by atoms with Gasteiger partial charge < -0.3 is 5.32 Å². The lowest BCUT2D eigenvalue weighted by atomic mass is 9.86. The predicted octanol–water partition coefficient (Wildman–Crippen LogP) is 7.81. The van der Waals surface area contributed by atoms with E-state index in [1.54, 1.807) is 6.07 Å². The topological polar surface area (TPSA) is 35.6 Å². The molecule has 0 saturated carbocycles. The molecule has 2 bridgehead atoms. The van der Waals surface area contributed by atoms with E-state index in [2.05, 4.69) is 68.3 Å². The smallest absolute Gasteiger partial charge is 0.326 e. The van der Waals surface area contributed by atoms with E-state index in [0.717, 1.165) is 56.7 Å². The monoisotopic (exact) mass is 509 g/mol. The van der Waals surface area contributed by atoms with Crippen LogP contribution in [-0.2, 0) is 6.54 Å². The number of para-hydroxylation sites is 1. The molecule has 3 aromatic rings. The number of fused-ring (bicyclic) bond motifs is 3. The summed E-state index contributed by atoms with van der Waals surface area (Å²) in [6.45, 7) is 11.1. The highest BCUT2D eigenvalue weighted by Gasteiger charge is 2.39. The zero-order valence-corrected chi connectivity index (χ0v) is 22.9. The molecule has 1 fully saturated rings. The minimum atomic E-state index is -0.234. The lowest BCUT2D eigenvalue weighted by molar-refractivity contribution is 0.166. The lowest BCUT2D eigenvalue weighted by Gasteiger charge is -2.38. The van der Waals surface area contributed by atoms with E-state index in [9.17, 15) is 9.18 Å². The van der Waals surface area contributed by atoms with Crippen molar-refractivity contribution in [3.8, 4) is 11.1 Å². The molecule has 0 spiro atoms. The lowest BCUT2D eigenvalue weighted by Crippen LogP contribution is -2.43. The number of carbonyl (C=O) groups is 1. The Hall–Kier alpha value is -3.44. The quantitative estimate of drug-likeness (QED) is 0.389. The van der Waals surface area contributed by atoms with Crippen molar-refractivity contribution in [1.29, 1.82) is 0 Å². The van der Waals surface area contributed by atoms with Crippen LogP contribution < -0.4 is 10.2 Å². The van der Waals surface area contributed by atoms with Crippen LogP contribution in [0, 0.1) is 26.6 Å². The molecule has 3 aromatic carbocycles. The van der Waals surface area contributed by atoms with Crippen LogP contribution >= 0.6 is 0 Å². The van der Waals surface area contributed by atoms with E-state index >= 15 is 0 Å². The second kappa shape index (κ2) is 9.39. The number of nitrogens with zero attached hydrogens (tertiary/aromatic N) is 2. The minimum Gasteiger partial charge on any atom is -0.333 e. The van der Waals surface area contributed by atoms with Crippen molar-refractivity contribution in [3.05, 3.63) is 88.2 Å². The highest BCUT2D eigenvalue weighted by molar-refractivity contribution is 6.05. The van der Waals surface area contributed by atoms with E-state index < -0.39 is 0 Å². The predicted molar refractivity (Wildman–Crippen MR) is 153 cm³/mol. The second-order valence-electron chi connectivity index (χ2n) is 11.5. The van der Waals surface area contributed by atoms with Gasteiger partial charge in [-0.2, -0.15) is 0 Å². The van der Waals surface area contributed by atoms with Crippen LogP contribution in [0.4, 0.5) is 20.6 Å². The van der Waals surface area contributed by atoms with Crippen LogP contribution in [0.2, 0.25) is 0 Å². The molecule has 2 unspecified atom stereocenters. The molecule has 2 amide bonds. The molecule has 0 aromatic heterocycles. The first-order chi connectivity index (χ1) is 18.2. The van der Waals surface area contributed by atoms with Crippen LogP contribution in [0.15, 0.2) is 54.6 Å². The molecule has 38 heavy (non-hydrogen) atoms. The zero-order valence-electron chi connectivity index (χ0n) is 22.9. The Kier molecular flexibility index (Phi) is 6.14. The van der Waals surface area contributed by atoms with Crippen molar-refractivity contribution in [2.24, 2.45) is 0 Å². The molecule has 3 heterocycles. The molecule has 1 N–H and O–H groups in total. The summed E-state index contributed by atoms with van der Waals surface area (Å²) >= 11 is 0. The van der Waals surface area contributed by atoms with Gasteiger partial charge in [-0.15, -0.1) is 0 Å². The van der Waals surface area contributed by atoms with Crippen LogP contribution in [0.1, 0.15) is 60.9 Å². The number of nitrogens with one attached hydrogen (secondary N) is 1. The Morgan fingerprint density at radius 2 is 1.71 bits per heavy atom. The summed E-state index contributed by atoms with van der Waals surface area (Å²) in [5, 5.41) is 3.12. The summed E-state index contributed by atoms with van der Waals surface area (Å²) in [6, 6.07) is 17.1. The Balaban J connectivity index is 1.58. The van der Waals surface area contributed by atoms with Gasteiger partial charge in [0.05, 0.1) is 11.4 Å². The number of aryl methyl sites for hydroxylation is 3. The van der Waals surface area contributed by atoms with Gasteiger partial charge in [-0.1, -0.05) is 30.3 Å². The number of benzene rings is 3. The fraction of sp³-hybridized carbons (Fsp3) is 0.364. The number of halogens is 1. The van der Waals surface area contributed by atoms with Gasteiger partial charge in [0.2, 0.25) is 0 Å². The maximum Gasteiger partial charge on any atom is 0.326 e. The zero-order chi connectivity index (χ0) is 26.7. The molecule has 5 heteroatoms. The van der Waals surface area contributed by atoms with Gasteiger partial charge in [-0.05, 0) is 117 Å². The van der Waals surface area contributed by atoms with Crippen molar-refractivity contribution in [3.63, 3.8) is 0 Å². The fourth-order valence-corrected chi connectivity index (χ4v) is 7.01. The average Bonchev–Trinajstić information content (AvgIpc) is 3.14. The number of hydrogen-bond acceptors (Lipinski definition) is 2. The molecule has 3 aliphatic heterocycles. The van der Waals surface area contributed by atoms with Crippen molar-refractivity contribution in [2.75, 3.05) is 4.90 Å². The average molecular weight is 510 g/mol. The minimum absolute atomic E-state index is 0.113. The molecule has 1 saturated heterocycles. The summed E-state index contributed by atoms with van der Waals surface area (Å²) in [6.07, 6.45) is 5.87. The van der Waals surface area contributed by atoms with Gasteiger partial charge in [-0.3, -0.25) is 9.80 Å². The van der Waals surface area contributed by atoms with Crippen molar-refractivity contribution in [2.45, 2.75) is 78.6 Å². The third-order valence-electron chi connectivity index (χ3n) is 8.64. The molecule has 3 aliphatic rings. The number of carbonyl (C=O) groups excluding carboxylic acids is 1. The first-order valence-electron chi connectivity index (χ1n) is 13.8. The van der Waals surface area contributed by atoms with Gasteiger partial charge in [0.15, 0.2) is 0 Å². The third-order valence-corrected chi connectivity index (χ3v) is 8.64. The molecule has 2 atom stereocenters. The first-order valence-corrected chi connectivity index (χ1v) is 13.8.